The molecule has 1 aliphatic heterocycles. The molecule has 1 aromatic carbocycles. The summed E-state index contributed by atoms with van der Waals surface area (Å²) in [5.74, 6) is -3.82. The molecule has 0 unspecified atom stereocenters. The fourth-order valence-corrected chi connectivity index (χ4v) is 1.85. The third-order valence-electron chi connectivity index (χ3n) is 2.62. The molecule has 2 rings (SSSR count). The number of piperazine rings is 1. The molecule has 0 saturated carbocycles. The van der Waals surface area contributed by atoms with Crippen LogP contribution in [0.15, 0.2) is 18.2 Å². The smallest absolute Gasteiger partial charge is 0.240 e. The number of amides is 2. The van der Waals surface area contributed by atoms with Gasteiger partial charge in [-0.15, -0.1) is 0 Å². The molecule has 0 bridgehead atoms. The first-order valence-corrected chi connectivity index (χ1v) is 5.49. The highest BCUT2D eigenvalue weighted by Gasteiger charge is 2.26. The van der Waals surface area contributed by atoms with Crippen LogP contribution in [0, 0.1) is 11.6 Å². The lowest BCUT2D eigenvalue weighted by molar-refractivity contribution is -0.135. The van der Waals surface area contributed by atoms with Crippen LogP contribution < -0.4 is 5.32 Å². The van der Waals surface area contributed by atoms with Crippen LogP contribution in [0.4, 0.5) is 8.78 Å². The van der Waals surface area contributed by atoms with Crippen LogP contribution in [0.3, 0.4) is 0 Å². The molecular weight excluding hydrogens is 258 g/mol. The number of benzene rings is 1. The summed E-state index contributed by atoms with van der Waals surface area (Å²) in [7, 11) is 0. The number of hydrogen-bond donors (Lipinski definition) is 1. The average molecular weight is 268 g/mol. The zero-order chi connectivity index (χ0) is 14.0. The molecular formula is C12H10F2N2O3. The van der Waals surface area contributed by atoms with Crippen molar-refractivity contribution >= 4 is 17.6 Å². The van der Waals surface area contributed by atoms with Gasteiger partial charge in [-0.25, -0.2) is 8.78 Å². The molecule has 100 valence electrons. The lowest BCUT2D eigenvalue weighted by Crippen LogP contribution is -2.52. The molecule has 1 saturated heterocycles. The Labute approximate surface area is 107 Å². The van der Waals surface area contributed by atoms with E-state index in [0.717, 1.165) is 18.2 Å². The number of halogens is 2. The number of Topliss-reactive ketones (excluding diaryl/α,β-unsaturated/α-hetero) is 1. The highest BCUT2D eigenvalue weighted by molar-refractivity contribution is 6.02. The van der Waals surface area contributed by atoms with Gasteiger partial charge in [0.05, 0.1) is 25.2 Å². The Morgan fingerprint density at radius 2 is 1.68 bits per heavy atom. The Morgan fingerprint density at radius 3 is 2.21 bits per heavy atom. The molecule has 1 aliphatic rings. The fourth-order valence-electron chi connectivity index (χ4n) is 1.85. The average Bonchev–Trinajstić information content (AvgIpc) is 2.26. The van der Waals surface area contributed by atoms with Gasteiger partial charge in [0.2, 0.25) is 11.8 Å². The summed E-state index contributed by atoms with van der Waals surface area (Å²) in [5.41, 5.74) is -0.652. The first-order chi connectivity index (χ1) is 8.97. The second-order valence-electron chi connectivity index (χ2n) is 4.14. The van der Waals surface area contributed by atoms with Gasteiger partial charge in [0, 0.05) is 0 Å². The topological polar surface area (TPSA) is 66.5 Å². The van der Waals surface area contributed by atoms with Crippen LogP contribution in [-0.2, 0) is 9.59 Å². The van der Waals surface area contributed by atoms with Crippen molar-refractivity contribution in [3.8, 4) is 0 Å². The lowest BCUT2D eigenvalue weighted by Gasteiger charge is -2.24. The summed E-state index contributed by atoms with van der Waals surface area (Å²) in [6.07, 6.45) is 0. The third kappa shape index (κ3) is 3.00. The van der Waals surface area contributed by atoms with E-state index in [-0.39, 0.29) is 13.1 Å². The number of hydrogen-bond acceptors (Lipinski definition) is 4. The molecule has 19 heavy (non-hydrogen) atoms. The summed E-state index contributed by atoms with van der Waals surface area (Å²) < 4.78 is 26.8. The van der Waals surface area contributed by atoms with Crippen molar-refractivity contribution in [1.29, 1.82) is 0 Å². The van der Waals surface area contributed by atoms with Gasteiger partial charge in [0.1, 0.15) is 11.6 Å². The predicted molar refractivity (Wildman–Crippen MR) is 60.3 cm³/mol. The number of rotatable bonds is 3. The maximum atomic E-state index is 13.4. The van der Waals surface area contributed by atoms with Gasteiger partial charge in [-0.05, 0) is 12.1 Å². The number of nitrogens with zero attached hydrogens (tertiary/aromatic N) is 1. The van der Waals surface area contributed by atoms with Crippen molar-refractivity contribution < 1.29 is 23.2 Å². The number of carbonyl (C=O) groups is 3. The van der Waals surface area contributed by atoms with Gasteiger partial charge >= 0.3 is 0 Å². The van der Waals surface area contributed by atoms with Crippen molar-refractivity contribution in [3.63, 3.8) is 0 Å². The molecule has 2 amide bonds. The summed E-state index contributed by atoms with van der Waals surface area (Å²) in [6, 6.07) is 3.11. The molecule has 1 heterocycles. The molecule has 5 nitrogen and oxygen atoms in total. The Kier molecular flexibility index (Phi) is 3.66. The molecule has 0 aliphatic carbocycles. The normalized spacial score (nSPS) is 16.3. The van der Waals surface area contributed by atoms with Crippen LogP contribution in [-0.4, -0.2) is 42.1 Å². The van der Waals surface area contributed by atoms with Gasteiger partial charge in [-0.2, -0.15) is 0 Å². The summed E-state index contributed by atoms with van der Waals surface area (Å²) in [4.78, 5) is 35.2. The van der Waals surface area contributed by atoms with Crippen LogP contribution in [0.2, 0.25) is 0 Å². The van der Waals surface area contributed by atoms with Crippen molar-refractivity contribution in [2.75, 3.05) is 19.6 Å². The maximum absolute atomic E-state index is 13.4. The summed E-state index contributed by atoms with van der Waals surface area (Å²) >= 11 is 0. The molecule has 0 radical (unpaired) electrons. The van der Waals surface area contributed by atoms with E-state index >= 15 is 0 Å². The minimum Gasteiger partial charge on any atom is -0.294 e. The van der Waals surface area contributed by atoms with E-state index in [4.69, 9.17) is 0 Å². The van der Waals surface area contributed by atoms with E-state index in [9.17, 15) is 23.2 Å². The van der Waals surface area contributed by atoms with E-state index in [0.29, 0.717) is 0 Å². The number of carbonyl (C=O) groups excluding carboxylic acids is 3. The largest absolute Gasteiger partial charge is 0.294 e. The maximum Gasteiger partial charge on any atom is 0.240 e. The van der Waals surface area contributed by atoms with Crippen LogP contribution >= 0.6 is 0 Å². The van der Waals surface area contributed by atoms with Gasteiger partial charge in [0.25, 0.3) is 0 Å². The van der Waals surface area contributed by atoms with E-state index in [1.807, 2.05) is 0 Å². The Hall–Kier alpha value is -2.15. The van der Waals surface area contributed by atoms with Crippen LogP contribution in [0.25, 0.3) is 0 Å². The van der Waals surface area contributed by atoms with Crippen molar-refractivity contribution in [1.82, 2.24) is 10.2 Å². The van der Waals surface area contributed by atoms with E-state index in [1.165, 1.54) is 4.90 Å². The molecule has 7 heteroatoms. The number of imide groups is 1. The highest BCUT2D eigenvalue weighted by Crippen LogP contribution is 2.13. The van der Waals surface area contributed by atoms with Crippen molar-refractivity contribution in [2.24, 2.45) is 0 Å². The summed E-state index contributed by atoms with van der Waals surface area (Å²) in [5, 5.41) is 2.07. The number of ketones is 1. The van der Waals surface area contributed by atoms with E-state index in [1.54, 1.807) is 0 Å². The molecule has 0 atom stereocenters. The lowest BCUT2D eigenvalue weighted by atomic mass is 10.1. The summed E-state index contributed by atoms with van der Waals surface area (Å²) in [6.45, 7) is -0.710. The monoisotopic (exact) mass is 268 g/mol. The molecule has 0 spiro atoms. The fraction of sp³-hybridized carbons (Fsp3) is 0.250. The first kappa shape index (κ1) is 13.3. The second kappa shape index (κ2) is 5.23. The van der Waals surface area contributed by atoms with E-state index in [2.05, 4.69) is 5.32 Å². The standard InChI is InChI=1S/C12H10F2N2O3/c13-7-2-1-3-8(14)12(7)9(17)4-16-5-10(18)15-11(19)6-16/h1-3H,4-6H2,(H,15,18,19). The van der Waals surface area contributed by atoms with Crippen molar-refractivity contribution in [2.45, 2.75) is 0 Å². The van der Waals surface area contributed by atoms with Gasteiger partial charge in [-0.3, -0.25) is 24.6 Å². The first-order valence-electron chi connectivity index (χ1n) is 5.49. The van der Waals surface area contributed by atoms with Gasteiger partial charge < -0.3 is 0 Å². The Balaban J connectivity index is 2.13. The minimum absolute atomic E-state index is 0.159. The van der Waals surface area contributed by atoms with Gasteiger partial charge in [0.15, 0.2) is 5.78 Å². The quantitative estimate of drug-likeness (QED) is 0.624. The Morgan fingerprint density at radius 1 is 1.16 bits per heavy atom. The van der Waals surface area contributed by atoms with E-state index < -0.39 is 41.3 Å². The SMILES string of the molecule is O=C1CN(CC(=O)c2c(F)cccc2F)CC(=O)N1. The second-order valence-corrected chi connectivity index (χ2v) is 4.14. The Bertz CT molecular complexity index is 524. The van der Waals surface area contributed by atoms with Gasteiger partial charge in [-0.1, -0.05) is 6.07 Å². The van der Waals surface area contributed by atoms with Crippen molar-refractivity contribution in [3.05, 3.63) is 35.4 Å². The zero-order valence-corrected chi connectivity index (χ0v) is 9.78. The third-order valence-corrected chi connectivity index (χ3v) is 2.62. The predicted octanol–water partition coefficient (Wildman–Crippen LogP) is 0.106. The molecule has 1 fully saturated rings. The van der Waals surface area contributed by atoms with Crippen LogP contribution in [0.5, 0.6) is 0 Å². The zero-order valence-electron chi connectivity index (χ0n) is 9.78. The molecule has 1 aromatic rings. The van der Waals surface area contributed by atoms with Crippen LogP contribution in [0.1, 0.15) is 10.4 Å². The molecule has 1 N–H and O–H groups in total. The molecule has 0 aromatic heterocycles. The highest BCUT2D eigenvalue weighted by atomic mass is 19.1. The minimum atomic E-state index is -0.960. The number of nitrogens with one attached hydrogen (secondary N) is 1.